The van der Waals surface area contributed by atoms with Gasteiger partial charge in [0.2, 0.25) is 0 Å². The number of carbonyl (C=O) groups is 2. The summed E-state index contributed by atoms with van der Waals surface area (Å²) in [6.45, 7) is 0.0657. The summed E-state index contributed by atoms with van der Waals surface area (Å²) >= 11 is 6.10. The highest BCUT2D eigenvalue weighted by Crippen LogP contribution is 2.26. The number of esters is 1. The SMILES string of the molecule is O=C(CCNC(=O)c1ccc([N+](=O)[O-])cc1)Oc1ccc(Cl)cc1Cc1ccccc1. The van der Waals surface area contributed by atoms with E-state index in [2.05, 4.69) is 5.32 Å². The Labute approximate surface area is 183 Å². The van der Waals surface area contributed by atoms with Gasteiger partial charge in [0.1, 0.15) is 5.75 Å². The maximum atomic E-state index is 12.3. The highest BCUT2D eigenvalue weighted by Gasteiger charge is 2.13. The number of non-ortho nitro benzene ring substituents is 1. The van der Waals surface area contributed by atoms with Crippen LogP contribution >= 0.6 is 11.6 Å². The van der Waals surface area contributed by atoms with E-state index in [1.165, 1.54) is 24.3 Å². The van der Waals surface area contributed by atoms with Gasteiger partial charge in [-0.1, -0.05) is 41.9 Å². The van der Waals surface area contributed by atoms with Gasteiger partial charge in [-0.3, -0.25) is 19.7 Å². The summed E-state index contributed by atoms with van der Waals surface area (Å²) in [5, 5.41) is 13.8. The number of halogens is 1. The second-order valence-electron chi connectivity index (χ2n) is 6.70. The monoisotopic (exact) mass is 438 g/mol. The molecule has 1 amide bonds. The lowest BCUT2D eigenvalue weighted by Gasteiger charge is -2.11. The Kier molecular flexibility index (Phi) is 7.35. The number of nitrogens with one attached hydrogen (secondary N) is 1. The number of benzene rings is 3. The van der Waals surface area contributed by atoms with Crippen molar-refractivity contribution in [1.82, 2.24) is 5.32 Å². The van der Waals surface area contributed by atoms with E-state index >= 15 is 0 Å². The van der Waals surface area contributed by atoms with Crippen LogP contribution in [0.15, 0.2) is 72.8 Å². The lowest BCUT2D eigenvalue weighted by atomic mass is 10.0. The minimum atomic E-state index is -0.541. The first-order valence-electron chi connectivity index (χ1n) is 9.48. The van der Waals surface area contributed by atoms with Crippen molar-refractivity contribution in [1.29, 1.82) is 0 Å². The van der Waals surface area contributed by atoms with Gasteiger partial charge in [0.15, 0.2) is 0 Å². The molecule has 3 aromatic rings. The van der Waals surface area contributed by atoms with Crippen LogP contribution in [-0.2, 0) is 11.2 Å². The maximum absolute atomic E-state index is 12.3. The van der Waals surface area contributed by atoms with Gasteiger partial charge in [-0.2, -0.15) is 0 Å². The fourth-order valence-electron chi connectivity index (χ4n) is 2.89. The third-order valence-corrected chi connectivity index (χ3v) is 4.67. The van der Waals surface area contributed by atoms with E-state index in [1.807, 2.05) is 30.3 Å². The van der Waals surface area contributed by atoms with Gasteiger partial charge >= 0.3 is 5.97 Å². The zero-order valence-electron chi connectivity index (χ0n) is 16.4. The molecule has 0 saturated carbocycles. The number of rotatable bonds is 8. The third kappa shape index (κ3) is 6.38. The molecule has 0 saturated heterocycles. The van der Waals surface area contributed by atoms with E-state index in [4.69, 9.17) is 16.3 Å². The van der Waals surface area contributed by atoms with Crippen LogP contribution < -0.4 is 10.1 Å². The molecule has 0 fully saturated rings. The normalized spacial score (nSPS) is 10.4. The van der Waals surface area contributed by atoms with E-state index in [-0.39, 0.29) is 24.2 Å². The highest BCUT2D eigenvalue weighted by molar-refractivity contribution is 6.30. The predicted molar refractivity (Wildman–Crippen MR) is 116 cm³/mol. The lowest BCUT2D eigenvalue weighted by molar-refractivity contribution is -0.384. The molecule has 3 rings (SSSR count). The molecule has 31 heavy (non-hydrogen) atoms. The van der Waals surface area contributed by atoms with Crippen LogP contribution in [0.4, 0.5) is 5.69 Å². The summed E-state index contributed by atoms with van der Waals surface area (Å²) in [6.07, 6.45) is 0.521. The van der Waals surface area contributed by atoms with Gasteiger partial charge in [0, 0.05) is 41.2 Å². The van der Waals surface area contributed by atoms with Crippen molar-refractivity contribution < 1.29 is 19.2 Å². The van der Waals surface area contributed by atoms with Gasteiger partial charge in [0.05, 0.1) is 11.3 Å². The molecule has 8 heteroatoms. The Hall–Kier alpha value is -3.71. The minimum absolute atomic E-state index is 0.0356. The molecule has 7 nitrogen and oxygen atoms in total. The molecule has 0 aromatic heterocycles. The summed E-state index contributed by atoms with van der Waals surface area (Å²) < 4.78 is 5.48. The molecule has 0 aliphatic heterocycles. The molecular weight excluding hydrogens is 420 g/mol. The topological polar surface area (TPSA) is 98.5 Å². The Morgan fingerprint density at radius 1 is 1.00 bits per heavy atom. The second-order valence-corrected chi connectivity index (χ2v) is 7.13. The van der Waals surface area contributed by atoms with E-state index in [0.29, 0.717) is 17.2 Å². The van der Waals surface area contributed by atoms with Crippen LogP contribution in [-0.4, -0.2) is 23.3 Å². The summed E-state index contributed by atoms with van der Waals surface area (Å²) in [5.41, 5.74) is 2.00. The number of nitro benzene ring substituents is 1. The number of nitro groups is 1. The van der Waals surface area contributed by atoms with Gasteiger partial charge in [-0.05, 0) is 35.9 Å². The average Bonchev–Trinajstić information content (AvgIpc) is 2.76. The highest BCUT2D eigenvalue weighted by atomic mass is 35.5. The molecule has 0 atom stereocenters. The van der Waals surface area contributed by atoms with Crippen LogP contribution in [0.2, 0.25) is 5.02 Å². The summed E-state index contributed by atoms with van der Waals surface area (Å²) in [7, 11) is 0. The first kappa shape index (κ1) is 22.0. The van der Waals surface area contributed by atoms with Gasteiger partial charge in [-0.15, -0.1) is 0 Å². The number of nitrogens with zero attached hydrogens (tertiary/aromatic N) is 1. The third-order valence-electron chi connectivity index (χ3n) is 4.44. The summed E-state index contributed by atoms with van der Waals surface area (Å²) in [4.78, 5) is 34.5. The average molecular weight is 439 g/mol. The van der Waals surface area contributed by atoms with Crippen LogP contribution in [0.5, 0.6) is 5.75 Å². The Morgan fingerprint density at radius 3 is 2.39 bits per heavy atom. The number of hydrogen-bond acceptors (Lipinski definition) is 5. The first-order valence-corrected chi connectivity index (χ1v) is 9.86. The van der Waals surface area contributed by atoms with E-state index in [0.717, 1.165) is 11.1 Å². The van der Waals surface area contributed by atoms with Crippen LogP contribution in [0.1, 0.15) is 27.9 Å². The summed E-state index contributed by atoms with van der Waals surface area (Å²) in [6, 6.07) is 20.0. The molecule has 0 bridgehead atoms. The van der Waals surface area contributed by atoms with Crippen molar-refractivity contribution in [2.24, 2.45) is 0 Å². The molecule has 0 heterocycles. The Balaban J connectivity index is 1.55. The van der Waals surface area contributed by atoms with E-state index in [9.17, 15) is 19.7 Å². The smallest absolute Gasteiger partial charge is 0.312 e. The summed E-state index contributed by atoms with van der Waals surface area (Å²) in [5.74, 6) is -0.514. The van der Waals surface area contributed by atoms with Crippen molar-refractivity contribution in [2.45, 2.75) is 12.8 Å². The molecule has 1 N–H and O–H groups in total. The second kappa shape index (κ2) is 10.4. The zero-order valence-corrected chi connectivity index (χ0v) is 17.2. The molecule has 158 valence electrons. The van der Waals surface area contributed by atoms with Crippen molar-refractivity contribution in [3.8, 4) is 5.75 Å². The number of ether oxygens (including phenoxy) is 1. The zero-order chi connectivity index (χ0) is 22.2. The quantitative estimate of drug-likeness (QED) is 0.240. The molecule has 3 aromatic carbocycles. The Bertz CT molecular complexity index is 1080. The van der Waals surface area contributed by atoms with Crippen LogP contribution in [0, 0.1) is 10.1 Å². The van der Waals surface area contributed by atoms with Crippen LogP contribution in [0.25, 0.3) is 0 Å². The van der Waals surface area contributed by atoms with Crippen molar-refractivity contribution >= 4 is 29.2 Å². The largest absolute Gasteiger partial charge is 0.426 e. The number of carbonyl (C=O) groups excluding carboxylic acids is 2. The molecule has 0 aliphatic rings. The number of amides is 1. The maximum Gasteiger partial charge on any atom is 0.312 e. The fraction of sp³-hybridized carbons (Fsp3) is 0.130. The van der Waals surface area contributed by atoms with Gasteiger partial charge in [0.25, 0.3) is 11.6 Å². The molecule has 0 unspecified atom stereocenters. The molecule has 0 aliphatic carbocycles. The van der Waals surface area contributed by atoms with Crippen molar-refractivity contribution in [3.05, 3.63) is 105 Å². The minimum Gasteiger partial charge on any atom is -0.426 e. The number of hydrogen-bond donors (Lipinski definition) is 1. The first-order chi connectivity index (χ1) is 14.9. The molecule has 0 radical (unpaired) electrons. The van der Waals surface area contributed by atoms with Crippen molar-refractivity contribution in [3.63, 3.8) is 0 Å². The molecule has 0 spiro atoms. The van der Waals surface area contributed by atoms with E-state index in [1.54, 1.807) is 18.2 Å². The van der Waals surface area contributed by atoms with Crippen molar-refractivity contribution in [2.75, 3.05) is 6.54 Å². The standard InChI is InChI=1S/C23H19ClN2O5/c24-19-8-11-21(18(15-19)14-16-4-2-1-3-5-16)31-22(27)12-13-25-23(28)17-6-9-20(10-7-17)26(29)30/h1-11,15H,12-14H2,(H,25,28). The molecular formula is C23H19ClN2O5. The Morgan fingerprint density at radius 2 is 1.71 bits per heavy atom. The lowest BCUT2D eigenvalue weighted by Crippen LogP contribution is -2.27. The predicted octanol–water partition coefficient (Wildman–Crippen LogP) is 4.56. The van der Waals surface area contributed by atoms with Gasteiger partial charge < -0.3 is 10.1 Å². The van der Waals surface area contributed by atoms with Crippen LogP contribution in [0.3, 0.4) is 0 Å². The van der Waals surface area contributed by atoms with Gasteiger partial charge in [-0.25, -0.2) is 0 Å². The fourth-order valence-corrected chi connectivity index (χ4v) is 3.08. The van der Waals surface area contributed by atoms with E-state index < -0.39 is 16.8 Å².